The molecule has 0 spiro atoms. The van der Waals surface area contributed by atoms with Crippen molar-refractivity contribution >= 4 is 23.3 Å². The van der Waals surface area contributed by atoms with Crippen LogP contribution in [-0.2, 0) is 6.54 Å². The normalized spacial score (nSPS) is 15.2. The Balaban J connectivity index is 1.54. The molecule has 6 nitrogen and oxygen atoms in total. The van der Waals surface area contributed by atoms with Gasteiger partial charge in [0.1, 0.15) is 5.82 Å². The van der Waals surface area contributed by atoms with Gasteiger partial charge in [-0.1, -0.05) is 31.5 Å². The molecule has 1 aromatic heterocycles. The van der Waals surface area contributed by atoms with Crippen LogP contribution in [0.15, 0.2) is 30.5 Å². The zero-order valence-corrected chi connectivity index (χ0v) is 19.0. The zero-order valence-electron chi connectivity index (χ0n) is 18.3. The summed E-state index contributed by atoms with van der Waals surface area (Å²) in [5.74, 6) is 0.713. The summed E-state index contributed by atoms with van der Waals surface area (Å²) in [6, 6.07) is 6.79. The third kappa shape index (κ3) is 6.55. The van der Waals surface area contributed by atoms with Crippen molar-refractivity contribution in [2.75, 3.05) is 32.1 Å². The summed E-state index contributed by atoms with van der Waals surface area (Å²) in [5, 5.41) is 6.78. The van der Waals surface area contributed by atoms with E-state index in [4.69, 9.17) is 16.3 Å². The third-order valence-corrected chi connectivity index (χ3v) is 5.53. The summed E-state index contributed by atoms with van der Waals surface area (Å²) in [6.45, 7) is 7.23. The average Bonchev–Trinajstić information content (AvgIpc) is 2.74. The Labute approximate surface area is 188 Å². The highest BCUT2D eigenvalue weighted by atomic mass is 35.5. The van der Waals surface area contributed by atoms with Gasteiger partial charge in [0, 0.05) is 38.4 Å². The second-order valence-electron chi connectivity index (χ2n) is 8.32. The Bertz CT molecular complexity index is 901. The predicted octanol–water partition coefficient (Wildman–Crippen LogP) is 4.35. The van der Waals surface area contributed by atoms with Crippen LogP contribution < -0.4 is 15.4 Å². The van der Waals surface area contributed by atoms with E-state index >= 15 is 0 Å². The van der Waals surface area contributed by atoms with Crippen molar-refractivity contribution in [2.24, 2.45) is 5.92 Å². The van der Waals surface area contributed by atoms with Crippen LogP contribution in [0.5, 0.6) is 5.75 Å². The molecule has 0 aliphatic carbocycles. The number of carbonyl (C=O) groups excluding carboxylic acids is 1. The number of carbonyl (C=O) groups is 1. The monoisotopic (exact) mass is 448 g/mol. The maximum Gasteiger partial charge on any atom is 0.255 e. The van der Waals surface area contributed by atoms with Crippen LogP contribution in [0.2, 0.25) is 5.02 Å². The summed E-state index contributed by atoms with van der Waals surface area (Å²) in [7, 11) is 1.46. The quantitative estimate of drug-likeness (QED) is 0.628. The number of nitrogens with zero attached hydrogens (tertiary/aromatic N) is 2. The fourth-order valence-corrected chi connectivity index (χ4v) is 3.78. The average molecular weight is 449 g/mol. The first-order valence-electron chi connectivity index (χ1n) is 10.6. The molecule has 1 aromatic carbocycles. The molecule has 0 atom stereocenters. The number of anilines is 1. The number of aromatic nitrogens is 1. The first-order chi connectivity index (χ1) is 14.9. The van der Waals surface area contributed by atoms with E-state index in [0.717, 1.165) is 38.0 Å². The van der Waals surface area contributed by atoms with Gasteiger partial charge in [0.15, 0.2) is 11.6 Å². The van der Waals surface area contributed by atoms with Gasteiger partial charge in [-0.05, 0) is 42.5 Å². The van der Waals surface area contributed by atoms with E-state index < -0.39 is 0 Å². The predicted molar refractivity (Wildman–Crippen MR) is 121 cm³/mol. The van der Waals surface area contributed by atoms with Crippen molar-refractivity contribution in [1.29, 1.82) is 0 Å². The van der Waals surface area contributed by atoms with E-state index in [2.05, 4.69) is 34.4 Å². The van der Waals surface area contributed by atoms with E-state index in [-0.39, 0.29) is 23.5 Å². The summed E-state index contributed by atoms with van der Waals surface area (Å²) in [5.41, 5.74) is 1.37. The Morgan fingerprint density at radius 1 is 1.32 bits per heavy atom. The number of pyridine rings is 1. The number of rotatable bonds is 8. The highest BCUT2D eigenvalue weighted by molar-refractivity contribution is 6.31. The SMILES string of the molecule is COc1ccc(CN2CCC(NC(=O)c3cc(Cl)cnc3NCC(C)C)CC2)cc1F. The number of methoxy groups -OCH3 is 1. The molecular formula is C23H30ClFN4O2. The minimum absolute atomic E-state index is 0.0771. The molecule has 8 heteroatoms. The van der Waals surface area contributed by atoms with Gasteiger partial charge in [-0.25, -0.2) is 9.37 Å². The standard InChI is InChI=1S/C23H30ClFN4O2/c1-15(2)12-26-22-19(11-17(24)13-27-22)23(30)28-18-6-8-29(9-7-18)14-16-4-5-21(31-3)20(25)10-16/h4-5,10-11,13,15,18H,6-9,12,14H2,1-3H3,(H,26,27)(H,28,30). The summed E-state index contributed by atoms with van der Waals surface area (Å²) in [6.07, 6.45) is 3.20. The van der Waals surface area contributed by atoms with Gasteiger partial charge in [0.25, 0.3) is 5.91 Å². The molecule has 31 heavy (non-hydrogen) atoms. The molecule has 0 unspecified atom stereocenters. The molecule has 1 fully saturated rings. The molecular weight excluding hydrogens is 419 g/mol. The van der Waals surface area contributed by atoms with Crippen molar-refractivity contribution in [1.82, 2.24) is 15.2 Å². The molecule has 168 valence electrons. The molecule has 3 rings (SSSR count). The smallest absolute Gasteiger partial charge is 0.255 e. The molecule has 0 saturated carbocycles. The Kier molecular flexibility index (Phi) is 8.09. The number of amides is 1. The molecule has 0 bridgehead atoms. The number of likely N-dealkylation sites (tertiary alicyclic amines) is 1. The van der Waals surface area contributed by atoms with Crippen molar-refractivity contribution in [2.45, 2.75) is 39.3 Å². The third-order valence-electron chi connectivity index (χ3n) is 5.32. The van der Waals surface area contributed by atoms with E-state index in [1.807, 2.05) is 6.07 Å². The molecule has 2 aromatic rings. The van der Waals surface area contributed by atoms with Crippen LogP contribution in [0.4, 0.5) is 10.2 Å². The van der Waals surface area contributed by atoms with Crippen LogP contribution in [-0.4, -0.2) is 48.6 Å². The van der Waals surface area contributed by atoms with Crippen LogP contribution in [0.25, 0.3) is 0 Å². The minimum Gasteiger partial charge on any atom is -0.494 e. The fraction of sp³-hybridized carbons (Fsp3) is 0.478. The number of ether oxygens (including phenoxy) is 1. The van der Waals surface area contributed by atoms with Crippen molar-refractivity contribution in [3.05, 3.63) is 52.4 Å². The molecule has 1 aliphatic rings. The largest absolute Gasteiger partial charge is 0.494 e. The second-order valence-corrected chi connectivity index (χ2v) is 8.75. The van der Waals surface area contributed by atoms with Gasteiger partial charge in [-0.2, -0.15) is 0 Å². The lowest BCUT2D eigenvalue weighted by Gasteiger charge is -2.32. The number of hydrogen-bond acceptors (Lipinski definition) is 5. The van der Waals surface area contributed by atoms with Gasteiger partial charge in [0.2, 0.25) is 0 Å². The number of halogens is 2. The van der Waals surface area contributed by atoms with Gasteiger partial charge in [-0.3, -0.25) is 9.69 Å². The Morgan fingerprint density at radius 2 is 2.06 bits per heavy atom. The Hall–Kier alpha value is -2.38. The molecule has 2 heterocycles. The number of benzene rings is 1. The molecule has 1 saturated heterocycles. The van der Waals surface area contributed by atoms with Gasteiger partial charge in [-0.15, -0.1) is 0 Å². The van der Waals surface area contributed by atoms with E-state index in [1.165, 1.54) is 13.2 Å². The van der Waals surface area contributed by atoms with Crippen LogP contribution >= 0.6 is 11.6 Å². The molecule has 0 radical (unpaired) electrons. The first kappa shape index (κ1) is 23.3. The van der Waals surface area contributed by atoms with Crippen LogP contribution in [0, 0.1) is 11.7 Å². The molecule has 1 amide bonds. The van der Waals surface area contributed by atoms with Gasteiger partial charge in [0.05, 0.1) is 17.7 Å². The maximum atomic E-state index is 13.9. The number of hydrogen-bond donors (Lipinski definition) is 2. The van der Waals surface area contributed by atoms with Crippen molar-refractivity contribution in [3.8, 4) is 5.75 Å². The van der Waals surface area contributed by atoms with E-state index in [0.29, 0.717) is 28.9 Å². The fourth-order valence-electron chi connectivity index (χ4n) is 3.62. The lowest BCUT2D eigenvalue weighted by Crippen LogP contribution is -2.44. The number of nitrogens with one attached hydrogen (secondary N) is 2. The highest BCUT2D eigenvalue weighted by Gasteiger charge is 2.23. The first-order valence-corrected chi connectivity index (χ1v) is 11.0. The van der Waals surface area contributed by atoms with Crippen LogP contribution in [0.1, 0.15) is 42.6 Å². The molecule has 2 N–H and O–H groups in total. The van der Waals surface area contributed by atoms with Gasteiger partial charge < -0.3 is 15.4 Å². The number of piperidine rings is 1. The van der Waals surface area contributed by atoms with E-state index in [1.54, 1.807) is 18.3 Å². The summed E-state index contributed by atoms with van der Waals surface area (Å²) >= 11 is 6.08. The lowest BCUT2D eigenvalue weighted by molar-refractivity contribution is 0.0909. The topological polar surface area (TPSA) is 66.5 Å². The van der Waals surface area contributed by atoms with Crippen molar-refractivity contribution in [3.63, 3.8) is 0 Å². The van der Waals surface area contributed by atoms with E-state index in [9.17, 15) is 9.18 Å². The van der Waals surface area contributed by atoms with Crippen LogP contribution in [0.3, 0.4) is 0 Å². The minimum atomic E-state index is -0.348. The maximum absolute atomic E-state index is 13.9. The highest BCUT2D eigenvalue weighted by Crippen LogP contribution is 2.22. The second kappa shape index (κ2) is 10.8. The van der Waals surface area contributed by atoms with Gasteiger partial charge >= 0.3 is 0 Å². The Morgan fingerprint density at radius 3 is 2.71 bits per heavy atom. The zero-order chi connectivity index (χ0) is 22.4. The summed E-state index contributed by atoms with van der Waals surface area (Å²) in [4.78, 5) is 19.4. The lowest BCUT2D eigenvalue weighted by atomic mass is 10.0. The van der Waals surface area contributed by atoms with Crippen molar-refractivity contribution < 1.29 is 13.9 Å². The molecule has 1 aliphatic heterocycles. The summed E-state index contributed by atoms with van der Waals surface area (Å²) < 4.78 is 18.9.